The molecule has 3 aliphatic rings. The number of aliphatic hydroxyl groups excluding tert-OH is 11. The highest BCUT2D eigenvalue weighted by Crippen LogP contribution is 2.33. The molecular formula is C92H153NO18. The number of hydrogen-bond donors (Lipinski definition) is 12. The summed E-state index contributed by atoms with van der Waals surface area (Å²) in [5, 5.41) is 121. The molecule has 0 aromatic rings. The maximum atomic E-state index is 13.5. The molecule has 3 aliphatic heterocycles. The summed E-state index contributed by atoms with van der Waals surface area (Å²) in [6.07, 6.45) is 76.7. The first-order chi connectivity index (χ1) is 54.3. The van der Waals surface area contributed by atoms with Gasteiger partial charge in [0.15, 0.2) is 18.9 Å². The number of carbonyl (C=O) groups excluding carboxylic acids is 1. The van der Waals surface area contributed by atoms with Crippen molar-refractivity contribution in [3.05, 3.63) is 158 Å². The van der Waals surface area contributed by atoms with Crippen LogP contribution in [0.15, 0.2) is 158 Å². The Morgan fingerprint density at radius 2 is 0.631 bits per heavy atom. The van der Waals surface area contributed by atoms with E-state index in [1.54, 1.807) is 6.08 Å². The Bertz CT molecular complexity index is 2620. The fraction of sp³-hybridized carbons (Fsp3) is 0.707. The zero-order valence-corrected chi connectivity index (χ0v) is 68.1. The Hall–Kier alpha value is -4.59. The number of nitrogens with one attached hydrogen (secondary N) is 1. The number of unbranched alkanes of at least 4 members (excludes halogenated alkanes) is 27. The number of amides is 1. The lowest BCUT2D eigenvalue weighted by Gasteiger charge is -2.48. The SMILES string of the molecule is CC/C=C\C/C=C\C/C=C\C/C=C\C/C=C\C/C=C\C/C=C\C/C=C\C/C=C\C/C=C\CCCCC(=O)NC(COC1OC(CO)C(OC2OC(CO)C(OC3OC(CO)C(O)C(O)C3O)C(O)C2O)C(O)C1O)C(O)/C=C/CC/C=C/CC/C=C/CCCCCCCCCCCCCCCCCCCCCCCCC. The minimum absolute atomic E-state index is 0.165. The Balaban J connectivity index is 1.40. The van der Waals surface area contributed by atoms with Crippen LogP contribution in [0.1, 0.15) is 284 Å². The molecule has 12 N–H and O–H groups in total. The molecule has 634 valence electrons. The quantitative estimate of drug-likeness (QED) is 0.0199. The summed E-state index contributed by atoms with van der Waals surface area (Å²) < 4.78 is 34.4. The van der Waals surface area contributed by atoms with Crippen LogP contribution in [0.3, 0.4) is 0 Å². The van der Waals surface area contributed by atoms with E-state index in [0.29, 0.717) is 12.8 Å². The minimum Gasteiger partial charge on any atom is -0.394 e. The first-order valence-electron chi connectivity index (χ1n) is 43.2. The molecule has 19 heteroatoms. The lowest BCUT2D eigenvalue weighted by Crippen LogP contribution is -2.66. The van der Waals surface area contributed by atoms with Gasteiger partial charge in [0, 0.05) is 6.42 Å². The van der Waals surface area contributed by atoms with E-state index in [4.69, 9.17) is 28.4 Å². The third kappa shape index (κ3) is 48.5. The number of allylic oxidation sites excluding steroid dienone is 25. The second kappa shape index (κ2) is 69.7. The molecule has 1 amide bonds. The molecule has 17 atom stereocenters. The topological polar surface area (TPSA) is 307 Å². The Labute approximate surface area is 669 Å². The summed E-state index contributed by atoms with van der Waals surface area (Å²) in [7, 11) is 0. The molecule has 0 aliphatic carbocycles. The summed E-state index contributed by atoms with van der Waals surface area (Å²) in [5.41, 5.74) is 0. The molecule has 0 saturated carbocycles. The van der Waals surface area contributed by atoms with Gasteiger partial charge in [0.1, 0.15) is 73.2 Å². The smallest absolute Gasteiger partial charge is 0.220 e. The summed E-state index contributed by atoms with van der Waals surface area (Å²) >= 11 is 0. The van der Waals surface area contributed by atoms with E-state index < -0.39 is 131 Å². The molecule has 0 radical (unpaired) electrons. The van der Waals surface area contributed by atoms with Gasteiger partial charge < -0.3 is 89.9 Å². The van der Waals surface area contributed by atoms with Crippen molar-refractivity contribution >= 4 is 5.91 Å². The molecule has 19 nitrogen and oxygen atoms in total. The molecule has 3 heterocycles. The van der Waals surface area contributed by atoms with Crippen LogP contribution in [0.25, 0.3) is 0 Å². The average Bonchev–Trinajstić information content (AvgIpc) is 0.780. The van der Waals surface area contributed by atoms with E-state index in [9.17, 15) is 61.0 Å². The Morgan fingerprint density at radius 1 is 0.333 bits per heavy atom. The highest BCUT2D eigenvalue weighted by atomic mass is 16.8. The van der Waals surface area contributed by atoms with E-state index in [2.05, 4.69) is 165 Å². The zero-order valence-electron chi connectivity index (χ0n) is 68.1. The van der Waals surface area contributed by atoms with Crippen LogP contribution < -0.4 is 5.32 Å². The normalized spacial score (nSPS) is 25.9. The van der Waals surface area contributed by atoms with Gasteiger partial charge in [-0.2, -0.15) is 0 Å². The maximum Gasteiger partial charge on any atom is 0.220 e. The van der Waals surface area contributed by atoms with E-state index in [0.717, 1.165) is 103 Å². The molecule has 3 rings (SSSR count). The standard InChI is InChI=1S/C92H153NO18/c1-3-5-7-9-11-13-15-17-19-21-23-25-27-29-31-33-35-37-39-41-43-45-47-49-51-53-55-57-59-61-63-65-67-69-76(97)75(74-106-90-86(104)83(101)88(78(72-95)108-90)111-92-87(105)84(102)89(79(73-96)109-92)110-91-85(103)82(100)81(99)77(71-94)107-91)93-80(98)70-68-66-64-62-60-58-56-54-52-50-48-46-44-42-40-38-36-34-32-30-28-26-24-22-20-18-16-14-12-10-8-6-4-2/h6,8,12,14,18,20,24,26,30,32,36,38,42,44,48,50-51,53-54,56,59-62,67,69,75-79,81-92,94-97,99-105H,3-5,7,9-11,13,15-17,19,21-23,25,27-29,31,33-35,37,39-41,43,45-47,49,52,55,57-58,63-66,68,70-74H2,1-2H3,(H,93,98)/b8-6-,14-12-,20-18-,26-24-,32-30-,38-36-,44-42-,50-48-,53-51+,56-54-,61-59+,62-60-,69-67+. The highest BCUT2D eigenvalue weighted by Gasteiger charge is 2.54. The molecule has 111 heavy (non-hydrogen) atoms. The summed E-state index contributed by atoms with van der Waals surface area (Å²) in [4.78, 5) is 13.5. The van der Waals surface area contributed by atoms with Gasteiger partial charge >= 0.3 is 0 Å². The molecule has 17 unspecified atom stereocenters. The van der Waals surface area contributed by atoms with Crippen LogP contribution in [0.4, 0.5) is 0 Å². The van der Waals surface area contributed by atoms with Crippen molar-refractivity contribution in [1.82, 2.24) is 5.32 Å². The van der Waals surface area contributed by atoms with Gasteiger partial charge in [-0.25, -0.2) is 0 Å². The zero-order chi connectivity index (χ0) is 80.3. The van der Waals surface area contributed by atoms with Crippen LogP contribution in [-0.2, 0) is 33.2 Å². The first-order valence-corrected chi connectivity index (χ1v) is 43.2. The van der Waals surface area contributed by atoms with Crippen LogP contribution in [-0.4, -0.2) is 193 Å². The van der Waals surface area contributed by atoms with Crippen LogP contribution >= 0.6 is 0 Å². The van der Waals surface area contributed by atoms with Crippen molar-refractivity contribution in [2.45, 2.75) is 388 Å². The first kappa shape index (κ1) is 101. The third-order valence-electron chi connectivity index (χ3n) is 20.3. The van der Waals surface area contributed by atoms with E-state index in [-0.39, 0.29) is 12.3 Å². The van der Waals surface area contributed by atoms with Crippen molar-refractivity contribution in [2.24, 2.45) is 0 Å². The lowest BCUT2D eigenvalue weighted by atomic mass is 9.96. The number of carbonyl (C=O) groups is 1. The molecule has 3 fully saturated rings. The molecular weight excluding hydrogens is 1410 g/mol. The van der Waals surface area contributed by atoms with Gasteiger partial charge in [-0.15, -0.1) is 0 Å². The third-order valence-corrected chi connectivity index (χ3v) is 20.3. The van der Waals surface area contributed by atoms with Crippen molar-refractivity contribution in [3.8, 4) is 0 Å². The maximum absolute atomic E-state index is 13.5. The van der Waals surface area contributed by atoms with Crippen molar-refractivity contribution in [1.29, 1.82) is 0 Å². The number of aliphatic hydroxyl groups is 11. The molecule has 3 saturated heterocycles. The van der Waals surface area contributed by atoms with Gasteiger partial charge in [-0.05, 0) is 122 Å². The van der Waals surface area contributed by atoms with Gasteiger partial charge in [0.05, 0.1) is 38.6 Å². The molecule has 0 aromatic heterocycles. The Morgan fingerprint density at radius 3 is 1.01 bits per heavy atom. The number of hydrogen-bond acceptors (Lipinski definition) is 18. The van der Waals surface area contributed by atoms with Gasteiger partial charge in [0.25, 0.3) is 0 Å². The fourth-order valence-corrected chi connectivity index (χ4v) is 13.4. The van der Waals surface area contributed by atoms with E-state index in [1.807, 2.05) is 6.08 Å². The second-order valence-electron chi connectivity index (χ2n) is 29.9. The van der Waals surface area contributed by atoms with Crippen molar-refractivity contribution in [2.75, 3.05) is 26.4 Å². The monoisotopic (exact) mass is 1560 g/mol. The molecule has 0 spiro atoms. The van der Waals surface area contributed by atoms with Crippen molar-refractivity contribution in [3.63, 3.8) is 0 Å². The van der Waals surface area contributed by atoms with E-state index >= 15 is 0 Å². The molecule has 0 bridgehead atoms. The van der Waals surface area contributed by atoms with Crippen molar-refractivity contribution < 1.29 is 89.4 Å². The summed E-state index contributed by atoms with van der Waals surface area (Å²) in [6, 6.07) is -1.04. The highest BCUT2D eigenvalue weighted by molar-refractivity contribution is 5.76. The average molecular weight is 1560 g/mol. The van der Waals surface area contributed by atoms with E-state index in [1.165, 1.54) is 148 Å². The van der Waals surface area contributed by atoms with Gasteiger partial charge in [0.2, 0.25) is 5.91 Å². The van der Waals surface area contributed by atoms with Crippen LogP contribution in [0.2, 0.25) is 0 Å². The predicted molar refractivity (Wildman–Crippen MR) is 447 cm³/mol. The van der Waals surface area contributed by atoms with Crippen LogP contribution in [0.5, 0.6) is 0 Å². The Kier molecular flexibility index (Phi) is 63.2. The summed E-state index contributed by atoms with van der Waals surface area (Å²) in [5.74, 6) is -0.336. The second-order valence-corrected chi connectivity index (χ2v) is 29.9. The minimum atomic E-state index is -2.00. The fourth-order valence-electron chi connectivity index (χ4n) is 13.4. The van der Waals surface area contributed by atoms with Gasteiger partial charge in [-0.3, -0.25) is 4.79 Å². The van der Waals surface area contributed by atoms with Crippen LogP contribution in [0, 0.1) is 0 Å². The van der Waals surface area contributed by atoms with Gasteiger partial charge in [-0.1, -0.05) is 313 Å². The summed E-state index contributed by atoms with van der Waals surface area (Å²) in [6.45, 7) is 1.57. The lowest BCUT2D eigenvalue weighted by molar-refractivity contribution is -0.379. The molecule has 0 aromatic carbocycles. The number of rotatable bonds is 67. The predicted octanol–water partition coefficient (Wildman–Crippen LogP) is 16.0. The largest absolute Gasteiger partial charge is 0.394 e. The number of ether oxygens (including phenoxy) is 6.